The van der Waals surface area contributed by atoms with Crippen LogP contribution in [0.25, 0.3) is 0 Å². The summed E-state index contributed by atoms with van der Waals surface area (Å²) in [5.74, 6) is 5.71. The van der Waals surface area contributed by atoms with Gasteiger partial charge in [0, 0.05) is 18.2 Å². The minimum absolute atomic E-state index is 0.101. The Morgan fingerprint density at radius 1 is 1.38 bits per heavy atom. The summed E-state index contributed by atoms with van der Waals surface area (Å²) in [4.78, 5) is 11.5. The number of carbonyl (C=O) groups excluding carboxylic acids is 1. The van der Waals surface area contributed by atoms with E-state index in [2.05, 4.69) is 10.4 Å². The van der Waals surface area contributed by atoms with Crippen LogP contribution >= 0.6 is 11.8 Å². The molecule has 5 nitrogen and oxygen atoms in total. The Bertz CT molecular complexity index is 251. The fraction of sp³-hybridized carbons (Fsp3) is 0.800. The van der Waals surface area contributed by atoms with Crippen LogP contribution in [0.3, 0.4) is 0 Å². The maximum Gasteiger partial charge on any atom is 0.221 e. The van der Waals surface area contributed by atoms with Crippen LogP contribution in [-0.4, -0.2) is 22.9 Å². The fourth-order valence-electron chi connectivity index (χ4n) is 1.83. The molecule has 1 aliphatic rings. The molecule has 5 N–H and O–H groups in total. The number of hydrazone groups is 1. The van der Waals surface area contributed by atoms with Gasteiger partial charge < -0.3 is 16.9 Å². The number of amidine groups is 1. The van der Waals surface area contributed by atoms with Crippen molar-refractivity contribution >= 4 is 22.8 Å². The molecule has 1 saturated carbocycles. The molecule has 0 aromatic carbocycles. The van der Waals surface area contributed by atoms with E-state index in [9.17, 15) is 4.79 Å². The van der Waals surface area contributed by atoms with E-state index in [0.717, 1.165) is 12.8 Å². The largest absolute Gasteiger partial charge is 0.377 e. The highest BCUT2D eigenvalue weighted by Gasteiger charge is 2.15. The average molecular weight is 244 g/mol. The summed E-state index contributed by atoms with van der Waals surface area (Å²) in [5, 5.41) is 6.70. The lowest BCUT2D eigenvalue weighted by atomic mass is 9.95. The van der Waals surface area contributed by atoms with E-state index in [1.807, 2.05) is 0 Å². The molecule has 0 saturated heterocycles. The van der Waals surface area contributed by atoms with Gasteiger partial charge in [0.15, 0.2) is 5.17 Å². The summed E-state index contributed by atoms with van der Waals surface area (Å²) in [7, 11) is 0. The Balaban J connectivity index is 2.10. The van der Waals surface area contributed by atoms with Gasteiger partial charge in [-0.3, -0.25) is 4.79 Å². The van der Waals surface area contributed by atoms with Gasteiger partial charge >= 0.3 is 0 Å². The molecule has 1 rings (SSSR count). The van der Waals surface area contributed by atoms with Gasteiger partial charge in [-0.25, -0.2) is 0 Å². The number of rotatable bonds is 4. The number of nitrogens with two attached hydrogens (primary N) is 2. The van der Waals surface area contributed by atoms with Crippen molar-refractivity contribution in [3.8, 4) is 0 Å². The van der Waals surface area contributed by atoms with E-state index in [0.29, 0.717) is 23.4 Å². The molecule has 1 amide bonds. The lowest BCUT2D eigenvalue weighted by Crippen LogP contribution is -2.36. The summed E-state index contributed by atoms with van der Waals surface area (Å²) >= 11 is 1.31. The van der Waals surface area contributed by atoms with Gasteiger partial charge in [-0.15, -0.1) is 0 Å². The van der Waals surface area contributed by atoms with Crippen LogP contribution in [0.1, 0.15) is 38.5 Å². The first kappa shape index (κ1) is 13.2. The van der Waals surface area contributed by atoms with Crippen LogP contribution in [0.5, 0.6) is 0 Å². The second kappa shape index (κ2) is 7.38. The third kappa shape index (κ3) is 5.25. The molecule has 0 aromatic rings. The molecule has 0 aromatic heterocycles. The Labute approximate surface area is 100 Å². The van der Waals surface area contributed by atoms with Gasteiger partial charge in [0.05, 0.1) is 0 Å². The van der Waals surface area contributed by atoms with E-state index in [4.69, 9.17) is 11.6 Å². The number of carbonyl (C=O) groups is 1. The monoisotopic (exact) mass is 244 g/mol. The second-order valence-electron chi connectivity index (χ2n) is 3.97. The number of hydrogen-bond acceptors (Lipinski definition) is 4. The first-order valence-corrected chi connectivity index (χ1v) is 6.66. The lowest BCUT2D eigenvalue weighted by molar-refractivity contribution is -0.121. The molecule has 0 aliphatic heterocycles. The molecular weight excluding hydrogens is 224 g/mol. The van der Waals surface area contributed by atoms with Gasteiger partial charge in [0.1, 0.15) is 0 Å². The predicted molar refractivity (Wildman–Crippen MR) is 67.9 cm³/mol. The van der Waals surface area contributed by atoms with Crippen molar-refractivity contribution < 1.29 is 4.79 Å². The summed E-state index contributed by atoms with van der Waals surface area (Å²) < 4.78 is 0. The fourth-order valence-corrected chi connectivity index (χ4v) is 2.40. The molecule has 16 heavy (non-hydrogen) atoms. The number of nitrogens with one attached hydrogen (secondary N) is 1. The number of amides is 1. The molecule has 6 heteroatoms. The predicted octanol–water partition coefficient (Wildman–Crippen LogP) is 0.747. The SMILES string of the molecule is NN=C(N)SCCC(=O)NC1CCCCC1. The maximum atomic E-state index is 11.5. The minimum atomic E-state index is 0.101. The van der Waals surface area contributed by atoms with Gasteiger partial charge in [-0.2, -0.15) is 5.10 Å². The molecule has 92 valence electrons. The molecule has 0 bridgehead atoms. The van der Waals surface area contributed by atoms with Crippen molar-refractivity contribution in [2.24, 2.45) is 16.7 Å². The van der Waals surface area contributed by atoms with Crippen LogP contribution in [0.4, 0.5) is 0 Å². The summed E-state index contributed by atoms with van der Waals surface area (Å²) in [6.07, 6.45) is 6.46. The molecular formula is C10H20N4OS. The minimum Gasteiger partial charge on any atom is -0.377 e. The zero-order valence-corrected chi connectivity index (χ0v) is 10.3. The Kier molecular flexibility index (Phi) is 6.07. The Morgan fingerprint density at radius 2 is 2.06 bits per heavy atom. The summed E-state index contributed by atoms with van der Waals surface area (Å²) in [6, 6.07) is 0.381. The van der Waals surface area contributed by atoms with Crippen LogP contribution < -0.4 is 16.9 Å². The number of nitrogens with zero attached hydrogens (tertiary/aromatic N) is 1. The number of hydrogen-bond donors (Lipinski definition) is 3. The van der Waals surface area contributed by atoms with Gasteiger partial charge in [0.2, 0.25) is 5.91 Å². The quantitative estimate of drug-likeness (QED) is 0.294. The highest BCUT2D eigenvalue weighted by molar-refractivity contribution is 8.13. The average Bonchev–Trinajstić information content (AvgIpc) is 2.30. The highest BCUT2D eigenvalue weighted by atomic mass is 32.2. The first-order chi connectivity index (χ1) is 7.72. The maximum absolute atomic E-state index is 11.5. The van der Waals surface area contributed by atoms with Gasteiger partial charge in [-0.1, -0.05) is 31.0 Å². The molecule has 0 radical (unpaired) electrons. The van der Waals surface area contributed by atoms with Gasteiger partial charge in [-0.05, 0) is 12.8 Å². The van der Waals surface area contributed by atoms with E-state index in [1.165, 1.54) is 31.0 Å². The van der Waals surface area contributed by atoms with E-state index < -0.39 is 0 Å². The standard InChI is InChI=1S/C10H20N4OS/c11-10(14-12)16-7-6-9(15)13-8-4-2-1-3-5-8/h8H,1-7,12H2,(H2,11,14)(H,13,15). The smallest absolute Gasteiger partial charge is 0.221 e. The lowest BCUT2D eigenvalue weighted by Gasteiger charge is -2.22. The van der Waals surface area contributed by atoms with Gasteiger partial charge in [0.25, 0.3) is 0 Å². The second-order valence-corrected chi connectivity index (χ2v) is 5.08. The summed E-state index contributed by atoms with van der Waals surface area (Å²) in [6.45, 7) is 0. The molecule has 0 spiro atoms. The highest BCUT2D eigenvalue weighted by Crippen LogP contribution is 2.17. The third-order valence-corrected chi connectivity index (χ3v) is 3.49. The van der Waals surface area contributed by atoms with E-state index >= 15 is 0 Å². The zero-order chi connectivity index (χ0) is 11.8. The van der Waals surface area contributed by atoms with E-state index in [1.54, 1.807) is 0 Å². The van der Waals surface area contributed by atoms with E-state index in [-0.39, 0.29) is 5.91 Å². The van der Waals surface area contributed by atoms with Crippen LogP contribution in [0, 0.1) is 0 Å². The van der Waals surface area contributed by atoms with Crippen molar-refractivity contribution in [1.29, 1.82) is 0 Å². The molecule has 1 aliphatic carbocycles. The van der Waals surface area contributed by atoms with Crippen molar-refractivity contribution in [2.75, 3.05) is 5.75 Å². The molecule has 0 heterocycles. The normalized spacial score (nSPS) is 18.4. The van der Waals surface area contributed by atoms with Crippen LogP contribution in [-0.2, 0) is 4.79 Å². The van der Waals surface area contributed by atoms with Crippen molar-refractivity contribution in [3.63, 3.8) is 0 Å². The molecule has 1 fully saturated rings. The molecule has 0 unspecified atom stereocenters. The summed E-state index contributed by atoms with van der Waals surface area (Å²) in [5.41, 5.74) is 5.40. The first-order valence-electron chi connectivity index (χ1n) is 5.68. The zero-order valence-electron chi connectivity index (χ0n) is 9.45. The molecule has 0 atom stereocenters. The van der Waals surface area contributed by atoms with Crippen molar-refractivity contribution in [3.05, 3.63) is 0 Å². The van der Waals surface area contributed by atoms with Crippen molar-refractivity contribution in [2.45, 2.75) is 44.6 Å². The number of thioether (sulfide) groups is 1. The van der Waals surface area contributed by atoms with Crippen LogP contribution in [0.2, 0.25) is 0 Å². The topological polar surface area (TPSA) is 93.5 Å². The van der Waals surface area contributed by atoms with Crippen LogP contribution in [0.15, 0.2) is 5.10 Å². The Morgan fingerprint density at radius 3 is 2.69 bits per heavy atom. The van der Waals surface area contributed by atoms with Crippen molar-refractivity contribution in [1.82, 2.24) is 5.32 Å². The third-order valence-electron chi connectivity index (χ3n) is 2.68. The Hall–Kier alpha value is -0.910.